The fourth-order valence-electron chi connectivity index (χ4n) is 4.28. The van der Waals surface area contributed by atoms with Crippen LogP contribution < -0.4 is 9.80 Å². The molecule has 1 amide bonds. The molecular weight excluding hydrogens is 372 g/mol. The van der Waals surface area contributed by atoms with E-state index in [0.29, 0.717) is 19.4 Å². The van der Waals surface area contributed by atoms with E-state index in [4.69, 9.17) is 0 Å². The standard InChI is InChI=1S/C22H26N2O3S/c25-22(15-19-9-6-14-28(26,27)17-19)24-13-12-23(16-18-7-2-1-3-8-18)20-10-4-5-11-21(20)24/h1-5,7-8,10-11,19H,6,9,12-17H2/t19-/m1/s1. The van der Waals surface area contributed by atoms with E-state index >= 15 is 0 Å². The summed E-state index contributed by atoms with van der Waals surface area (Å²) in [6.07, 6.45) is 1.80. The normalized spacial score (nSPS) is 21.2. The van der Waals surface area contributed by atoms with Gasteiger partial charge in [0.1, 0.15) is 0 Å². The van der Waals surface area contributed by atoms with Crippen molar-refractivity contribution >= 4 is 27.1 Å². The van der Waals surface area contributed by atoms with Crippen molar-refractivity contribution in [2.45, 2.75) is 25.8 Å². The molecule has 0 aliphatic carbocycles. The van der Waals surface area contributed by atoms with Gasteiger partial charge >= 0.3 is 0 Å². The van der Waals surface area contributed by atoms with Gasteiger partial charge in [-0.3, -0.25) is 4.79 Å². The molecule has 0 saturated carbocycles. The molecule has 2 aromatic carbocycles. The summed E-state index contributed by atoms with van der Waals surface area (Å²) >= 11 is 0. The molecule has 2 heterocycles. The summed E-state index contributed by atoms with van der Waals surface area (Å²) in [6, 6.07) is 18.3. The average Bonchev–Trinajstić information content (AvgIpc) is 2.68. The Labute approximate surface area is 166 Å². The predicted octanol–water partition coefficient (Wildman–Crippen LogP) is 3.25. The van der Waals surface area contributed by atoms with Gasteiger partial charge in [0.25, 0.3) is 0 Å². The number of carbonyl (C=O) groups excluding carboxylic acids is 1. The summed E-state index contributed by atoms with van der Waals surface area (Å²) in [6.45, 7) is 2.20. The number of sulfone groups is 1. The van der Waals surface area contributed by atoms with Crippen molar-refractivity contribution in [3.8, 4) is 0 Å². The molecule has 0 aromatic heterocycles. The molecule has 28 heavy (non-hydrogen) atoms. The minimum atomic E-state index is -2.99. The molecule has 1 fully saturated rings. The average molecular weight is 399 g/mol. The van der Waals surface area contributed by atoms with Crippen molar-refractivity contribution in [2.75, 3.05) is 34.4 Å². The second kappa shape index (κ2) is 7.95. The third-order valence-electron chi connectivity index (χ3n) is 5.64. The van der Waals surface area contributed by atoms with Gasteiger partial charge in [-0.05, 0) is 36.5 Å². The number of benzene rings is 2. The molecule has 0 spiro atoms. The first-order chi connectivity index (χ1) is 13.5. The predicted molar refractivity (Wildman–Crippen MR) is 112 cm³/mol. The minimum absolute atomic E-state index is 0.0360. The highest BCUT2D eigenvalue weighted by Gasteiger charge is 2.31. The molecule has 148 valence electrons. The molecule has 0 bridgehead atoms. The van der Waals surface area contributed by atoms with Crippen LogP contribution in [-0.2, 0) is 21.2 Å². The molecule has 6 heteroatoms. The van der Waals surface area contributed by atoms with Gasteiger partial charge in [0.2, 0.25) is 5.91 Å². The zero-order valence-corrected chi connectivity index (χ0v) is 16.8. The fourth-order valence-corrected chi connectivity index (χ4v) is 6.06. The summed E-state index contributed by atoms with van der Waals surface area (Å²) in [5.41, 5.74) is 3.22. The Kier molecular flexibility index (Phi) is 5.40. The van der Waals surface area contributed by atoms with Crippen LogP contribution in [0.15, 0.2) is 54.6 Å². The number of rotatable bonds is 4. The Bertz CT molecular complexity index is 943. The van der Waals surface area contributed by atoms with Crippen molar-refractivity contribution in [3.63, 3.8) is 0 Å². The molecule has 5 nitrogen and oxygen atoms in total. The molecule has 0 N–H and O–H groups in total. The van der Waals surface area contributed by atoms with E-state index < -0.39 is 9.84 Å². The molecule has 2 aliphatic rings. The number of anilines is 2. The first-order valence-electron chi connectivity index (χ1n) is 9.90. The lowest BCUT2D eigenvalue weighted by Gasteiger charge is -2.38. The molecule has 1 atom stereocenters. The third kappa shape index (κ3) is 4.22. The first kappa shape index (κ1) is 19.0. The minimum Gasteiger partial charge on any atom is -0.364 e. The van der Waals surface area contributed by atoms with Crippen LogP contribution in [0.25, 0.3) is 0 Å². The quantitative estimate of drug-likeness (QED) is 0.793. The second-order valence-corrected chi connectivity index (χ2v) is 10.00. The topological polar surface area (TPSA) is 57.7 Å². The first-order valence-corrected chi connectivity index (χ1v) is 11.7. The van der Waals surface area contributed by atoms with Crippen LogP contribution >= 0.6 is 0 Å². The van der Waals surface area contributed by atoms with E-state index in [1.165, 1.54) is 5.56 Å². The number of carbonyl (C=O) groups is 1. The number of nitrogens with zero attached hydrogens (tertiary/aromatic N) is 2. The summed E-state index contributed by atoms with van der Waals surface area (Å²) in [4.78, 5) is 17.2. The Balaban J connectivity index is 1.50. The summed E-state index contributed by atoms with van der Waals surface area (Å²) in [5, 5.41) is 0. The molecule has 2 aliphatic heterocycles. The lowest BCUT2D eigenvalue weighted by Crippen LogP contribution is -2.44. The lowest BCUT2D eigenvalue weighted by atomic mass is 10.00. The van der Waals surface area contributed by atoms with Crippen LogP contribution in [0.1, 0.15) is 24.8 Å². The Morgan fingerprint density at radius 2 is 1.68 bits per heavy atom. The molecular formula is C22H26N2O3S. The second-order valence-electron chi connectivity index (χ2n) is 7.77. The molecule has 0 unspecified atom stereocenters. The SMILES string of the molecule is O=C(C[C@H]1CCCS(=O)(=O)C1)N1CCN(Cc2ccccc2)c2ccccc21. The highest BCUT2D eigenvalue weighted by Crippen LogP contribution is 2.35. The van der Waals surface area contributed by atoms with Crippen molar-refractivity contribution in [2.24, 2.45) is 5.92 Å². The summed E-state index contributed by atoms with van der Waals surface area (Å²) in [5.74, 6) is 0.391. The Hall–Kier alpha value is -2.34. The summed E-state index contributed by atoms with van der Waals surface area (Å²) in [7, 11) is -2.99. The highest BCUT2D eigenvalue weighted by molar-refractivity contribution is 7.91. The smallest absolute Gasteiger partial charge is 0.227 e. The maximum atomic E-state index is 13.0. The van der Waals surface area contributed by atoms with E-state index in [0.717, 1.165) is 30.9 Å². The Morgan fingerprint density at radius 1 is 0.964 bits per heavy atom. The van der Waals surface area contributed by atoms with Crippen molar-refractivity contribution in [1.82, 2.24) is 0 Å². The maximum Gasteiger partial charge on any atom is 0.227 e. The van der Waals surface area contributed by atoms with Gasteiger partial charge in [0.15, 0.2) is 9.84 Å². The van der Waals surface area contributed by atoms with Crippen molar-refractivity contribution in [3.05, 3.63) is 60.2 Å². The van der Waals surface area contributed by atoms with Crippen LogP contribution in [-0.4, -0.2) is 38.9 Å². The van der Waals surface area contributed by atoms with Crippen LogP contribution in [0.4, 0.5) is 11.4 Å². The van der Waals surface area contributed by atoms with Gasteiger partial charge in [-0.25, -0.2) is 8.42 Å². The van der Waals surface area contributed by atoms with E-state index in [1.54, 1.807) is 0 Å². The van der Waals surface area contributed by atoms with Gasteiger partial charge in [-0.2, -0.15) is 0 Å². The third-order valence-corrected chi connectivity index (χ3v) is 7.53. The van der Waals surface area contributed by atoms with E-state index in [9.17, 15) is 13.2 Å². The van der Waals surface area contributed by atoms with Crippen molar-refractivity contribution < 1.29 is 13.2 Å². The zero-order chi connectivity index (χ0) is 19.6. The molecule has 2 aromatic rings. The van der Waals surface area contributed by atoms with Crippen LogP contribution in [0, 0.1) is 5.92 Å². The summed E-state index contributed by atoms with van der Waals surface area (Å²) < 4.78 is 23.8. The van der Waals surface area contributed by atoms with E-state index in [2.05, 4.69) is 23.1 Å². The van der Waals surface area contributed by atoms with Gasteiger partial charge in [-0.1, -0.05) is 42.5 Å². The number of para-hydroxylation sites is 2. The highest BCUT2D eigenvalue weighted by atomic mass is 32.2. The fraction of sp³-hybridized carbons (Fsp3) is 0.409. The molecule has 4 rings (SSSR count). The maximum absolute atomic E-state index is 13.0. The number of hydrogen-bond donors (Lipinski definition) is 0. The van der Waals surface area contributed by atoms with E-state index in [-0.39, 0.29) is 23.3 Å². The van der Waals surface area contributed by atoms with Crippen molar-refractivity contribution in [1.29, 1.82) is 0 Å². The zero-order valence-electron chi connectivity index (χ0n) is 16.0. The van der Waals surface area contributed by atoms with Crippen LogP contribution in [0.2, 0.25) is 0 Å². The lowest BCUT2D eigenvalue weighted by molar-refractivity contribution is -0.119. The molecule has 0 radical (unpaired) electrons. The number of hydrogen-bond acceptors (Lipinski definition) is 4. The number of amides is 1. The van der Waals surface area contributed by atoms with Crippen LogP contribution in [0.5, 0.6) is 0 Å². The van der Waals surface area contributed by atoms with Gasteiger partial charge in [0, 0.05) is 26.1 Å². The van der Waals surface area contributed by atoms with E-state index in [1.807, 2.05) is 41.3 Å². The monoisotopic (exact) mass is 398 g/mol. The number of fused-ring (bicyclic) bond motifs is 1. The largest absolute Gasteiger partial charge is 0.364 e. The Morgan fingerprint density at radius 3 is 2.43 bits per heavy atom. The molecule has 1 saturated heterocycles. The van der Waals surface area contributed by atoms with Gasteiger partial charge < -0.3 is 9.80 Å². The van der Waals surface area contributed by atoms with Gasteiger partial charge in [0.05, 0.1) is 22.9 Å². The van der Waals surface area contributed by atoms with Gasteiger partial charge in [-0.15, -0.1) is 0 Å². The van der Waals surface area contributed by atoms with Crippen LogP contribution in [0.3, 0.4) is 0 Å².